The van der Waals surface area contributed by atoms with Gasteiger partial charge in [0.1, 0.15) is 5.56 Å². The van der Waals surface area contributed by atoms with Crippen LogP contribution in [0.5, 0.6) is 0 Å². The largest absolute Gasteiger partial charge is 0.478 e. The molecule has 0 saturated heterocycles. The Morgan fingerprint density at radius 2 is 1.85 bits per heavy atom. The van der Waals surface area contributed by atoms with Gasteiger partial charge in [0, 0.05) is 24.2 Å². The summed E-state index contributed by atoms with van der Waals surface area (Å²) in [6.45, 7) is 0. The highest BCUT2D eigenvalue weighted by molar-refractivity contribution is 6.04. The van der Waals surface area contributed by atoms with Crippen LogP contribution in [0.3, 0.4) is 0 Å². The molecule has 1 amide bonds. The first kappa shape index (κ1) is 16.6. The molecule has 0 bridgehead atoms. The zero-order valence-electron chi connectivity index (χ0n) is 14.2. The molecule has 0 unspecified atom stereocenters. The highest BCUT2D eigenvalue weighted by Gasteiger charge is 2.34. The first-order valence-corrected chi connectivity index (χ1v) is 8.42. The third-order valence-corrected chi connectivity index (χ3v) is 4.73. The summed E-state index contributed by atoms with van der Waals surface area (Å²) in [5, 5.41) is 21.4. The molecule has 3 aromatic rings. The van der Waals surface area contributed by atoms with Gasteiger partial charge in [0.05, 0.1) is 23.0 Å². The number of fused-ring (bicyclic) bond motifs is 1. The number of nitrogens with zero attached hydrogens (tertiary/aromatic N) is 2. The summed E-state index contributed by atoms with van der Waals surface area (Å²) in [5.74, 6) is -1.64. The van der Waals surface area contributed by atoms with Gasteiger partial charge in [-0.2, -0.15) is 5.26 Å². The van der Waals surface area contributed by atoms with Crippen LogP contribution < -0.4 is 5.32 Å². The van der Waals surface area contributed by atoms with Crippen molar-refractivity contribution >= 4 is 17.6 Å². The minimum Gasteiger partial charge on any atom is -0.478 e. The lowest BCUT2D eigenvalue weighted by Gasteiger charge is -2.26. The van der Waals surface area contributed by atoms with E-state index in [4.69, 9.17) is 5.26 Å². The van der Waals surface area contributed by atoms with Crippen molar-refractivity contribution in [1.82, 2.24) is 4.57 Å². The topological polar surface area (TPSA) is 95.1 Å². The highest BCUT2D eigenvalue weighted by Crippen LogP contribution is 2.41. The van der Waals surface area contributed by atoms with Crippen molar-refractivity contribution in [2.45, 2.75) is 12.3 Å². The third kappa shape index (κ3) is 2.85. The molecule has 0 spiro atoms. The molecule has 1 aliphatic rings. The Labute approximate surface area is 155 Å². The van der Waals surface area contributed by atoms with Crippen LogP contribution in [0.4, 0.5) is 5.69 Å². The molecule has 2 N–H and O–H groups in total. The number of nitriles is 1. The van der Waals surface area contributed by atoms with E-state index in [1.807, 2.05) is 47.0 Å². The van der Waals surface area contributed by atoms with E-state index in [1.54, 1.807) is 18.3 Å². The van der Waals surface area contributed by atoms with E-state index in [9.17, 15) is 14.7 Å². The molecule has 2 heterocycles. The molecular formula is C21H15N3O3. The van der Waals surface area contributed by atoms with Crippen LogP contribution in [0.25, 0.3) is 5.69 Å². The van der Waals surface area contributed by atoms with Gasteiger partial charge in [0.25, 0.3) is 0 Å². The second-order valence-electron chi connectivity index (χ2n) is 6.35. The fourth-order valence-corrected chi connectivity index (χ4v) is 3.50. The molecule has 6 heteroatoms. The third-order valence-electron chi connectivity index (χ3n) is 4.73. The minimum absolute atomic E-state index is 0.0561. The fraction of sp³-hybridized carbons (Fsp3) is 0.0952. The first-order chi connectivity index (χ1) is 13.1. The van der Waals surface area contributed by atoms with Crippen molar-refractivity contribution in [2.75, 3.05) is 5.32 Å². The molecule has 1 aromatic heterocycles. The number of amides is 1. The summed E-state index contributed by atoms with van der Waals surface area (Å²) < 4.78 is 1.82. The van der Waals surface area contributed by atoms with E-state index in [1.165, 1.54) is 0 Å². The quantitative estimate of drug-likeness (QED) is 0.750. The van der Waals surface area contributed by atoms with Gasteiger partial charge in [0.15, 0.2) is 0 Å². The number of carbonyl (C=O) groups excluding carboxylic acids is 1. The van der Waals surface area contributed by atoms with E-state index in [-0.39, 0.29) is 23.8 Å². The number of carboxylic acid groups (broad SMARTS) is 1. The van der Waals surface area contributed by atoms with Gasteiger partial charge in [-0.25, -0.2) is 4.79 Å². The standard InChI is InChI=1S/C21H15N3O3/c22-11-13-6-8-14(9-7-13)16-10-18(25)23-19-17(21(26)27)12-24(20(16)19)15-4-2-1-3-5-15/h1-9,12,16H,10H2,(H,23,25)(H,26,27)/t16-/m0/s1. The number of aromatic nitrogens is 1. The van der Waals surface area contributed by atoms with Crippen LogP contribution in [0, 0.1) is 11.3 Å². The molecule has 0 fully saturated rings. The molecule has 2 aromatic carbocycles. The second kappa shape index (κ2) is 6.46. The van der Waals surface area contributed by atoms with Gasteiger partial charge in [-0.05, 0) is 29.8 Å². The van der Waals surface area contributed by atoms with Gasteiger partial charge in [-0.15, -0.1) is 0 Å². The SMILES string of the molecule is N#Cc1ccc([C@@H]2CC(=O)Nc3c(C(=O)O)cn(-c4ccccc4)c32)cc1. The van der Waals surface area contributed by atoms with Crippen molar-refractivity contribution in [1.29, 1.82) is 5.26 Å². The molecule has 27 heavy (non-hydrogen) atoms. The Bertz CT molecular complexity index is 1080. The van der Waals surface area contributed by atoms with E-state index in [0.29, 0.717) is 11.3 Å². The number of carbonyl (C=O) groups is 2. The second-order valence-corrected chi connectivity index (χ2v) is 6.35. The molecule has 1 atom stereocenters. The van der Waals surface area contributed by atoms with Crippen LogP contribution in [-0.4, -0.2) is 21.6 Å². The average molecular weight is 357 g/mol. The van der Waals surface area contributed by atoms with Crippen LogP contribution in [0.2, 0.25) is 0 Å². The summed E-state index contributed by atoms with van der Waals surface area (Å²) in [5.41, 5.74) is 3.32. The van der Waals surface area contributed by atoms with Crippen LogP contribution in [0.1, 0.15) is 39.5 Å². The first-order valence-electron chi connectivity index (χ1n) is 8.42. The summed E-state index contributed by atoms with van der Waals surface area (Å²) >= 11 is 0. The maximum atomic E-state index is 12.3. The van der Waals surface area contributed by atoms with E-state index >= 15 is 0 Å². The summed E-state index contributed by atoms with van der Waals surface area (Å²) in [4.78, 5) is 24.0. The Kier molecular flexibility index (Phi) is 3.98. The number of hydrogen-bond donors (Lipinski definition) is 2. The predicted octanol–water partition coefficient (Wildman–Crippen LogP) is 3.52. The summed E-state index contributed by atoms with van der Waals surface area (Å²) in [6, 6.07) is 18.5. The molecule has 0 aliphatic carbocycles. The Balaban J connectivity index is 1.94. The van der Waals surface area contributed by atoms with Gasteiger partial charge in [-0.1, -0.05) is 30.3 Å². The minimum atomic E-state index is -1.10. The highest BCUT2D eigenvalue weighted by atomic mass is 16.4. The molecule has 0 radical (unpaired) electrons. The maximum absolute atomic E-state index is 12.3. The maximum Gasteiger partial charge on any atom is 0.339 e. The van der Waals surface area contributed by atoms with Crippen LogP contribution in [0.15, 0.2) is 60.8 Å². The lowest BCUT2D eigenvalue weighted by Crippen LogP contribution is -2.25. The molecule has 132 valence electrons. The van der Waals surface area contributed by atoms with Crippen LogP contribution in [-0.2, 0) is 4.79 Å². The number of aromatic carboxylic acids is 1. The van der Waals surface area contributed by atoms with Gasteiger partial charge in [-0.3, -0.25) is 4.79 Å². The van der Waals surface area contributed by atoms with Crippen molar-refractivity contribution in [3.05, 3.63) is 83.2 Å². The normalized spacial score (nSPS) is 15.5. The number of anilines is 1. The molecular weight excluding hydrogens is 342 g/mol. The molecule has 6 nitrogen and oxygen atoms in total. The van der Waals surface area contributed by atoms with Crippen molar-refractivity contribution in [3.8, 4) is 11.8 Å². The zero-order chi connectivity index (χ0) is 19.0. The van der Waals surface area contributed by atoms with Crippen LogP contribution >= 0.6 is 0 Å². The number of nitrogens with one attached hydrogen (secondary N) is 1. The van der Waals surface area contributed by atoms with Crippen molar-refractivity contribution in [3.63, 3.8) is 0 Å². The van der Waals surface area contributed by atoms with E-state index in [0.717, 1.165) is 16.9 Å². The Morgan fingerprint density at radius 1 is 1.15 bits per heavy atom. The Morgan fingerprint density at radius 3 is 2.48 bits per heavy atom. The van der Waals surface area contributed by atoms with E-state index < -0.39 is 5.97 Å². The fourth-order valence-electron chi connectivity index (χ4n) is 3.50. The van der Waals surface area contributed by atoms with E-state index in [2.05, 4.69) is 11.4 Å². The van der Waals surface area contributed by atoms with Gasteiger partial charge in [0.2, 0.25) is 5.91 Å². The average Bonchev–Trinajstić information content (AvgIpc) is 3.08. The van der Waals surface area contributed by atoms with Gasteiger partial charge < -0.3 is 15.0 Å². The number of carboxylic acids is 1. The summed E-state index contributed by atoms with van der Waals surface area (Å²) in [7, 11) is 0. The molecule has 4 rings (SSSR count). The Hall–Kier alpha value is -3.85. The zero-order valence-corrected chi connectivity index (χ0v) is 14.2. The molecule has 1 aliphatic heterocycles. The number of para-hydroxylation sites is 1. The van der Waals surface area contributed by atoms with Crippen molar-refractivity contribution in [2.24, 2.45) is 0 Å². The number of rotatable bonds is 3. The lowest BCUT2D eigenvalue weighted by molar-refractivity contribution is -0.116. The molecule has 0 saturated carbocycles. The smallest absolute Gasteiger partial charge is 0.339 e. The lowest BCUT2D eigenvalue weighted by atomic mass is 9.88. The predicted molar refractivity (Wildman–Crippen MR) is 99.0 cm³/mol. The van der Waals surface area contributed by atoms with Gasteiger partial charge >= 0.3 is 5.97 Å². The monoisotopic (exact) mass is 357 g/mol. The van der Waals surface area contributed by atoms with Crippen molar-refractivity contribution < 1.29 is 14.7 Å². The number of hydrogen-bond acceptors (Lipinski definition) is 3. The number of benzene rings is 2. The summed E-state index contributed by atoms with van der Waals surface area (Å²) in [6.07, 6.45) is 1.75.